The van der Waals surface area contributed by atoms with E-state index in [1.807, 2.05) is 24.3 Å². The summed E-state index contributed by atoms with van der Waals surface area (Å²) in [5.74, 6) is 1.24. The van der Waals surface area contributed by atoms with Gasteiger partial charge in [0, 0.05) is 12.6 Å². The summed E-state index contributed by atoms with van der Waals surface area (Å²) in [6, 6.07) is 7.86. The number of hydrogen-bond donors (Lipinski definition) is 2. The Morgan fingerprint density at radius 2 is 2.26 bits per heavy atom. The van der Waals surface area contributed by atoms with Crippen molar-refractivity contribution in [3.63, 3.8) is 0 Å². The molecule has 1 saturated heterocycles. The van der Waals surface area contributed by atoms with Crippen LogP contribution < -0.4 is 15.4 Å². The lowest BCUT2D eigenvalue weighted by atomic mass is 9.95. The van der Waals surface area contributed by atoms with E-state index in [0.29, 0.717) is 12.5 Å². The summed E-state index contributed by atoms with van der Waals surface area (Å²) in [4.78, 5) is 12.2. The number of nitrogens with one attached hydrogen (secondary N) is 2. The molecule has 1 aromatic rings. The first kappa shape index (κ1) is 19.7. The molecular formula is C17H27ClN2O3. The Morgan fingerprint density at radius 1 is 1.48 bits per heavy atom. The molecule has 0 aromatic heterocycles. The van der Waals surface area contributed by atoms with E-state index < -0.39 is 6.10 Å². The molecule has 1 aliphatic heterocycles. The molecule has 1 aromatic carbocycles. The number of carbonyl (C=O) groups is 1. The third-order valence-corrected chi connectivity index (χ3v) is 4.16. The molecule has 5 nitrogen and oxygen atoms in total. The first-order valence-corrected chi connectivity index (χ1v) is 7.85. The standard InChI is InChI=1S/C17H26N2O3.ClH/c1-12-7-8-18-10-16(12)19-17(20)13(2)22-11-14-5-4-6-15(9-14)21-3;/h4-6,9,12-13,16,18H,7-8,10-11H2,1-3H3,(H,19,20);1H. The molecule has 0 bridgehead atoms. The van der Waals surface area contributed by atoms with Crippen molar-refractivity contribution in [2.24, 2.45) is 5.92 Å². The van der Waals surface area contributed by atoms with Crippen molar-refractivity contribution in [3.8, 4) is 5.75 Å². The van der Waals surface area contributed by atoms with Crippen LogP contribution in [0.1, 0.15) is 25.8 Å². The maximum Gasteiger partial charge on any atom is 0.249 e. The SMILES string of the molecule is COc1cccc(COC(C)C(=O)NC2CNCCC2C)c1.Cl. The van der Waals surface area contributed by atoms with E-state index in [9.17, 15) is 4.79 Å². The van der Waals surface area contributed by atoms with E-state index in [2.05, 4.69) is 17.6 Å². The van der Waals surface area contributed by atoms with Crippen LogP contribution in [0.2, 0.25) is 0 Å². The number of amides is 1. The third kappa shape index (κ3) is 6.01. The highest BCUT2D eigenvalue weighted by Crippen LogP contribution is 2.14. The second-order valence-corrected chi connectivity index (χ2v) is 5.89. The maximum atomic E-state index is 12.2. The van der Waals surface area contributed by atoms with E-state index in [0.717, 1.165) is 30.8 Å². The zero-order valence-corrected chi connectivity index (χ0v) is 14.8. The highest BCUT2D eigenvalue weighted by molar-refractivity contribution is 5.85. The smallest absolute Gasteiger partial charge is 0.249 e. The predicted molar refractivity (Wildman–Crippen MR) is 93.1 cm³/mol. The number of hydrogen-bond acceptors (Lipinski definition) is 4. The molecule has 23 heavy (non-hydrogen) atoms. The minimum Gasteiger partial charge on any atom is -0.497 e. The van der Waals surface area contributed by atoms with Crippen molar-refractivity contribution < 1.29 is 14.3 Å². The van der Waals surface area contributed by atoms with Crippen LogP contribution in [0.25, 0.3) is 0 Å². The van der Waals surface area contributed by atoms with Gasteiger partial charge >= 0.3 is 0 Å². The molecule has 1 fully saturated rings. The van der Waals surface area contributed by atoms with Crippen LogP contribution in [0.3, 0.4) is 0 Å². The summed E-state index contributed by atoms with van der Waals surface area (Å²) < 4.78 is 10.9. The minimum atomic E-state index is -0.472. The quantitative estimate of drug-likeness (QED) is 0.831. The predicted octanol–water partition coefficient (Wildman–Crippen LogP) is 2.14. The molecule has 2 N–H and O–H groups in total. The van der Waals surface area contributed by atoms with Gasteiger partial charge in [0.05, 0.1) is 13.7 Å². The van der Waals surface area contributed by atoms with Gasteiger partial charge in [0.25, 0.3) is 0 Å². The monoisotopic (exact) mass is 342 g/mol. The van der Waals surface area contributed by atoms with Crippen LogP contribution in [-0.4, -0.2) is 38.3 Å². The largest absolute Gasteiger partial charge is 0.497 e. The lowest BCUT2D eigenvalue weighted by Crippen LogP contribution is -2.52. The summed E-state index contributed by atoms with van der Waals surface area (Å²) in [6.45, 7) is 6.21. The topological polar surface area (TPSA) is 59.6 Å². The maximum absolute atomic E-state index is 12.2. The summed E-state index contributed by atoms with van der Waals surface area (Å²) in [7, 11) is 1.63. The summed E-state index contributed by atoms with van der Waals surface area (Å²) >= 11 is 0. The van der Waals surface area contributed by atoms with Crippen LogP contribution in [0.5, 0.6) is 5.75 Å². The normalized spacial score (nSPS) is 21.9. The van der Waals surface area contributed by atoms with E-state index >= 15 is 0 Å². The van der Waals surface area contributed by atoms with Crippen LogP contribution in [0.15, 0.2) is 24.3 Å². The molecule has 0 aliphatic carbocycles. The minimum absolute atomic E-state index is 0. The Morgan fingerprint density at radius 3 is 2.96 bits per heavy atom. The fourth-order valence-corrected chi connectivity index (χ4v) is 2.54. The number of piperidine rings is 1. The first-order chi connectivity index (χ1) is 10.6. The van der Waals surface area contributed by atoms with Gasteiger partial charge in [0.1, 0.15) is 11.9 Å². The van der Waals surface area contributed by atoms with Crippen molar-refractivity contribution in [1.29, 1.82) is 0 Å². The van der Waals surface area contributed by atoms with Gasteiger partial charge in [-0.3, -0.25) is 4.79 Å². The summed E-state index contributed by atoms with van der Waals surface area (Å²) in [5.41, 5.74) is 0.992. The zero-order valence-electron chi connectivity index (χ0n) is 14.0. The van der Waals surface area contributed by atoms with Gasteiger partial charge in [0.2, 0.25) is 5.91 Å². The number of ether oxygens (including phenoxy) is 2. The van der Waals surface area contributed by atoms with Crippen molar-refractivity contribution in [3.05, 3.63) is 29.8 Å². The number of carbonyl (C=O) groups excluding carboxylic acids is 1. The highest BCUT2D eigenvalue weighted by Gasteiger charge is 2.24. The molecule has 1 heterocycles. The molecule has 3 atom stereocenters. The van der Waals surface area contributed by atoms with Crippen LogP contribution >= 0.6 is 12.4 Å². The fraction of sp³-hybridized carbons (Fsp3) is 0.588. The van der Waals surface area contributed by atoms with Gasteiger partial charge in [-0.05, 0) is 43.5 Å². The molecule has 130 valence electrons. The van der Waals surface area contributed by atoms with Gasteiger partial charge in [-0.1, -0.05) is 19.1 Å². The Kier molecular flexibility index (Phi) is 8.37. The van der Waals surface area contributed by atoms with E-state index in [1.54, 1.807) is 14.0 Å². The lowest BCUT2D eigenvalue weighted by molar-refractivity contribution is -0.133. The molecule has 1 aliphatic rings. The zero-order chi connectivity index (χ0) is 15.9. The first-order valence-electron chi connectivity index (χ1n) is 7.85. The van der Waals surface area contributed by atoms with Gasteiger partial charge in [-0.25, -0.2) is 0 Å². The molecule has 2 rings (SSSR count). The second-order valence-electron chi connectivity index (χ2n) is 5.89. The number of rotatable bonds is 6. The van der Waals surface area contributed by atoms with E-state index in [-0.39, 0.29) is 24.4 Å². The number of halogens is 1. The second kappa shape index (κ2) is 9.75. The van der Waals surface area contributed by atoms with Crippen molar-refractivity contribution in [2.75, 3.05) is 20.2 Å². The fourth-order valence-electron chi connectivity index (χ4n) is 2.54. The van der Waals surface area contributed by atoms with Gasteiger partial charge in [-0.15, -0.1) is 12.4 Å². The lowest BCUT2D eigenvalue weighted by Gasteiger charge is -2.31. The van der Waals surface area contributed by atoms with Crippen LogP contribution in [0.4, 0.5) is 0 Å². The molecule has 3 unspecified atom stereocenters. The highest BCUT2D eigenvalue weighted by atomic mass is 35.5. The number of methoxy groups -OCH3 is 1. The average molecular weight is 343 g/mol. The van der Waals surface area contributed by atoms with Crippen LogP contribution in [-0.2, 0) is 16.1 Å². The summed E-state index contributed by atoms with van der Waals surface area (Å²) in [5, 5.41) is 6.39. The van der Waals surface area contributed by atoms with Crippen molar-refractivity contribution in [1.82, 2.24) is 10.6 Å². The van der Waals surface area contributed by atoms with Gasteiger partial charge in [0.15, 0.2) is 0 Å². The molecule has 0 saturated carbocycles. The third-order valence-electron chi connectivity index (χ3n) is 4.16. The van der Waals surface area contributed by atoms with Gasteiger partial charge in [-0.2, -0.15) is 0 Å². The van der Waals surface area contributed by atoms with Crippen molar-refractivity contribution >= 4 is 18.3 Å². The Labute approximate surface area is 144 Å². The Bertz CT molecular complexity index is 498. The summed E-state index contributed by atoms with van der Waals surface area (Å²) in [6.07, 6.45) is 0.615. The number of benzene rings is 1. The average Bonchev–Trinajstić information content (AvgIpc) is 2.54. The van der Waals surface area contributed by atoms with Crippen molar-refractivity contribution in [2.45, 2.75) is 39.0 Å². The van der Waals surface area contributed by atoms with Gasteiger partial charge < -0.3 is 20.1 Å². The molecule has 6 heteroatoms. The molecule has 0 radical (unpaired) electrons. The van der Waals surface area contributed by atoms with E-state index in [4.69, 9.17) is 9.47 Å². The molecule has 1 amide bonds. The molecule has 0 spiro atoms. The Balaban J connectivity index is 0.00000264. The van der Waals surface area contributed by atoms with E-state index in [1.165, 1.54) is 0 Å². The molecular weight excluding hydrogens is 316 g/mol. The Hall–Kier alpha value is -1.30. The van der Waals surface area contributed by atoms with Crippen LogP contribution in [0, 0.1) is 5.92 Å².